The summed E-state index contributed by atoms with van der Waals surface area (Å²) in [7, 11) is 0. The number of carbonyl (C=O) groups is 1. The van der Waals surface area contributed by atoms with Crippen molar-refractivity contribution in [3.05, 3.63) is 59.1 Å². The van der Waals surface area contributed by atoms with Gasteiger partial charge in [-0.1, -0.05) is 41.9 Å². The highest BCUT2D eigenvalue weighted by Crippen LogP contribution is 2.29. The maximum Gasteiger partial charge on any atom is 0.247 e. The van der Waals surface area contributed by atoms with Gasteiger partial charge >= 0.3 is 0 Å². The number of hydrogen-bond donors (Lipinski definition) is 2. The lowest BCUT2D eigenvalue weighted by atomic mass is 10.1. The summed E-state index contributed by atoms with van der Waals surface area (Å²) in [5.41, 5.74) is 0.919. The standard InChI is InChI=1S/C14H11Cl2NO2/c15-10-6-7-12(18)11(8-10)17-14(19)13(16)9-4-2-1-3-5-9/h1-8,13,18H,(H,17,19). The molecule has 0 saturated carbocycles. The Balaban J connectivity index is 2.15. The van der Waals surface area contributed by atoms with Crippen LogP contribution < -0.4 is 5.32 Å². The monoisotopic (exact) mass is 295 g/mol. The van der Waals surface area contributed by atoms with Gasteiger partial charge in [-0.25, -0.2) is 0 Å². The molecular weight excluding hydrogens is 285 g/mol. The van der Waals surface area contributed by atoms with E-state index in [0.29, 0.717) is 10.6 Å². The minimum atomic E-state index is -0.834. The van der Waals surface area contributed by atoms with E-state index < -0.39 is 11.3 Å². The van der Waals surface area contributed by atoms with Crippen molar-refractivity contribution in [3.8, 4) is 5.75 Å². The summed E-state index contributed by atoms with van der Waals surface area (Å²) in [4.78, 5) is 12.0. The van der Waals surface area contributed by atoms with Crippen LogP contribution in [0.15, 0.2) is 48.5 Å². The highest BCUT2D eigenvalue weighted by Gasteiger charge is 2.18. The predicted molar refractivity (Wildman–Crippen MR) is 76.8 cm³/mol. The van der Waals surface area contributed by atoms with Crippen molar-refractivity contribution in [1.29, 1.82) is 0 Å². The second-order valence-corrected chi connectivity index (χ2v) is 4.80. The van der Waals surface area contributed by atoms with Gasteiger partial charge in [-0.05, 0) is 23.8 Å². The van der Waals surface area contributed by atoms with E-state index in [9.17, 15) is 9.90 Å². The number of alkyl halides is 1. The van der Waals surface area contributed by atoms with Gasteiger partial charge in [0, 0.05) is 5.02 Å². The van der Waals surface area contributed by atoms with Crippen LogP contribution in [-0.4, -0.2) is 11.0 Å². The van der Waals surface area contributed by atoms with Crippen LogP contribution in [0.2, 0.25) is 5.02 Å². The van der Waals surface area contributed by atoms with Crippen LogP contribution in [0, 0.1) is 0 Å². The molecule has 0 aliphatic carbocycles. The van der Waals surface area contributed by atoms with Gasteiger partial charge in [0.05, 0.1) is 5.69 Å². The third-order valence-corrected chi connectivity index (χ3v) is 3.22. The lowest BCUT2D eigenvalue weighted by Gasteiger charge is -2.12. The van der Waals surface area contributed by atoms with Crippen molar-refractivity contribution in [1.82, 2.24) is 0 Å². The fraction of sp³-hybridized carbons (Fsp3) is 0.0714. The predicted octanol–water partition coefficient (Wildman–Crippen LogP) is 3.96. The summed E-state index contributed by atoms with van der Waals surface area (Å²) in [6.45, 7) is 0. The molecule has 3 nitrogen and oxygen atoms in total. The lowest BCUT2D eigenvalue weighted by Crippen LogP contribution is -2.17. The number of anilines is 1. The number of aromatic hydroxyl groups is 1. The Labute approximate surface area is 120 Å². The molecule has 1 unspecified atom stereocenters. The van der Waals surface area contributed by atoms with E-state index >= 15 is 0 Å². The van der Waals surface area contributed by atoms with E-state index in [1.807, 2.05) is 6.07 Å². The number of phenols is 1. The molecule has 0 saturated heterocycles. The van der Waals surface area contributed by atoms with Gasteiger partial charge in [0.25, 0.3) is 0 Å². The van der Waals surface area contributed by atoms with Crippen LogP contribution in [-0.2, 0) is 4.79 Å². The molecule has 0 bridgehead atoms. The second kappa shape index (κ2) is 5.95. The summed E-state index contributed by atoms with van der Waals surface area (Å²) < 4.78 is 0. The molecule has 1 amide bonds. The molecule has 0 aliphatic rings. The molecule has 0 spiro atoms. The van der Waals surface area contributed by atoms with Crippen molar-refractivity contribution in [2.45, 2.75) is 5.38 Å². The van der Waals surface area contributed by atoms with Crippen LogP contribution in [0.1, 0.15) is 10.9 Å². The molecule has 1 atom stereocenters. The Morgan fingerprint density at radius 1 is 1.16 bits per heavy atom. The van der Waals surface area contributed by atoms with Gasteiger partial charge in [-0.15, -0.1) is 11.6 Å². The number of rotatable bonds is 3. The molecule has 0 heterocycles. The summed E-state index contributed by atoms with van der Waals surface area (Å²) in [5.74, 6) is -0.486. The van der Waals surface area contributed by atoms with Crippen LogP contribution >= 0.6 is 23.2 Å². The van der Waals surface area contributed by atoms with Crippen LogP contribution in [0.4, 0.5) is 5.69 Å². The third-order valence-electron chi connectivity index (χ3n) is 2.54. The van der Waals surface area contributed by atoms with Crippen molar-refractivity contribution < 1.29 is 9.90 Å². The molecule has 2 rings (SSSR count). The molecule has 5 heteroatoms. The first kappa shape index (κ1) is 13.7. The first-order valence-corrected chi connectivity index (χ1v) is 6.38. The highest BCUT2D eigenvalue weighted by molar-refractivity contribution is 6.33. The minimum Gasteiger partial charge on any atom is -0.506 e. The van der Waals surface area contributed by atoms with E-state index in [1.54, 1.807) is 24.3 Å². The summed E-state index contributed by atoms with van der Waals surface area (Å²) in [5, 5.41) is 11.7. The summed E-state index contributed by atoms with van der Waals surface area (Å²) in [6.07, 6.45) is 0. The number of carbonyl (C=O) groups excluding carboxylic acids is 1. The molecule has 2 aromatic carbocycles. The lowest BCUT2D eigenvalue weighted by molar-refractivity contribution is -0.116. The van der Waals surface area contributed by atoms with Crippen LogP contribution in [0.3, 0.4) is 0 Å². The fourth-order valence-electron chi connectivity index (χ4n) is 1.58. The van der Waals surface area contributed by atoms with E-state index in [0.717, 1.165) is 0 Å². The van der Waals surface area contributed by atoms with Gasteiger partial charge in [0.15, 0.2) is 0 Å². The molecule has 0 fully saturated rings. The maximum atomic E-state index is 12.0. The van der Waals surface area contributed by atoms with Crippen molar-refractivity contribution in [3.63, 3.8) is 0 Å². The van der Waals surface area contributed by atoms with Crippen molar-refractivity contribution in [2.75, 3.05) is 5.32 Å². The molecule has 98 valence electrons. The molecule has 0 aromatic heterocycles. The number of halogens is 2. The quantitative estimate of drug-likeness (QED) is 0.665. The number of benzene rings is 2. The average Bonchev–Trinajstić information content (AvgIpc) is 2.43. The van der Waals surface area contributed by atoms with E-state index in [2.05, 4.69) is 5.32 Å². The normalized spacial score (nSPS) is 11.9. The molecular formula is C14H11Cl2NO2. The Kier molecular flexibility index (Phi) is 4.30. The fourth-order valence-corrected chi connectivity index (χ4v) is 1.95. The Morgan fingerprint density at radius 3 is 2.53 bits per heavy atom. The van der Waals surface area contributed by atoms with E-state index in [1.165, 1.54) is 18.2 Å². The average molecular weight is 296 g/mol. The van der Waals surface area contributed by atoms with Gasteiger partial charge in [0.1, 0.15) is 11.1 Å². The third kappa shape index (κ3) is 3.40. The Bertz CT molecular complexity index is 587. The first-order valence-electron chi connectivity index (χ1n) is 5.56. The zero-order chi connectivity index (χ0) is 13.8. The van der Waals surface area contributed by atoms with Crippen LogP contribution in [0.25, 0.3) is 0 Å². The highest BCUT2D eigenvalue weighted by atomic mass is 35.5. The van der Waals surface area contributed by atoms with Gasteiger partial charge in [-0.2, -0.15) is 0 Å². The number of amides is 1. The largest absolute Gasteiger partial charge is 0.506 e. The molecule has 0 aliphatic heterocycles. The molecule has 0 radical (unpaired) electrons. The minimum absolute atomic E-state index is 0.0605. The topological polar surface area (TPSA) is 49.3 Å². The summed E-state index contributed by atoms with van der Waals surface area (Å²) >= 11 is 11.9. The number of nitrogens with one attached hydrogen (secondary N) is 1. The zero-order valence-electron chi connectivity index (χ0n) is 9.81. The van der Waals surface area contributed by atoms with Crippen molar-refractivity contribution >= 4 is 34.8 Å². The number of hydrogen-bond acceptors (Lipinski definition) is 2. The van der Waals surface area contributed by atoms with E-state index in [-0.39, 0.29) is 11.4 Å². The number of phenolic OH excluding ortho intramolecular Hbond substituents is 1. The van der Waals surface area contributed by atoms with Gasteiger partial charge in [-0.3, -0.25) is 4.79 Å². The first-order chi connectivity index (χ1) is 9.08. The molecule has 2 N–H and O–H groups in total. The van der Waals surface area contributed by atoms with E-state index in [4.69, 9.17) is 23.2 Å². The van der Waals surface area contributed by atoms with Crippen LogP contribution in [0.5, 0.6) is 5.75 Å². The molecule has 2 aromatic rings. The smallest absolute Gasteiger partial charge is 0.247 e. The maximum absolute atomic E-state index is 12.0. The van der Waals surface area contributed by atoms with Gasteiger partial charge in [0.2, 0.25) is 5.91 Å². The summed E-state index contributed by atoms with van der Waals surface area (Å²) in [6, 6.07) is 13.4. The SMILES string of the molecule is O=C(Nc1cc(Cl)ccc1O)C(Cl)c1ccccc1. The Morgan fingerprint density at radius 2 is 1.84 bits per heavy atom. The zero-order valence-corrected chi connectivity index (χ0v) is 11.3. The second-order valence-electron chi connectivity index (χ2n) is 3.92. The Hall–Kier alpha value is -1.71. The van der Waals surface area contributed by atoms with Crippen molar-refractivity contribution in [2.24, 2.45) is 0 Å². The van der Waals surface area contributed by atoms with Gasteiger partial charge < -0.3 is 10.4 Å². The molecule has 19 heavy (non-hydrogen) atoms.